The Morgan fingerprint density at radius 1 is 1.09 bits per heavy atom. The van der Waals surface area contributed by atoms with Gasteiger partial charge in [0.05, 0.1) is 5.69 Å². The van der Waals surface area contributed by atoms with E-state index in [1.807, 2.05) is 6.92 Å². The number of carbonyl (C=O) groups excluding carboxylic acids is 2. The highest BCUT2D eigenvalue weighted by molar-refractivity contribution is 6.65. The number of Topliss-reactive ketones (excluding diaryl/α,β-unsaturated/α-hetero) is 2. The molecule has 0 amide bonds. The largest absolute Gasteiger partial charge is 0.398 e. The average molecular weight is 313 g/mol. The number of benzene rings is 2. The van der Waals surface area contributed by atoms with Crippen molar-refractivity contribution in [1.82, 2.24) is 0 Å². The summed E-state index contributed by atoms with van der Waals surface area (Å²) in [4.78, 5) is 29.1. The Morgan fingerprint density at radius 2 is 1.77 bits per heavy atom. The van der Waals surface area contributed by atoms with Crippen molar-refractivity contribution in [3.63, 3.8) is 0 Å². The van der Waals surface area contributed by atoms with Crippen molar-refractivity contribution in [1.29, 1.82) is 0 Å². The maximum atomic E-state index is 12.5. The Hall–Kier alpha value is -2.46. The van der Waals surface area contributed by atoms with Crippen LogP contribution in [0.3, 0.4) is 0 Å². The molecule has 22 heavy (non-hydrogen) atoms. The average Bonchev–Trinajstić information content (AvgIpc) is 2.53. The SMILES string of the molecule is Cc1ccc(N=C2C(=O)c3ccccc3C(=O)C2Cl)cc1N. The van der Waals surface area contributed by atoms with Gasteiger partial charge >= 0.3 is 0 Å². The van der Waals surface area contributed by atoms with Crippen molar-refractivity contribution in [2.24, 2.45) is 4.99 Å². The Kier molecular flexibility index (Phi) is 3.54. The smallest absolute Gasteiger partial charge is 0.209 e. The van der Waals surface area contributed by atoms with E-state index in [9.17, 15) is 9.59 Å². The first-order valence-electron chi connectivity index (χ1n) is 6.76. The number of aryl methyl sites for hydroxylation is 1. The van der Waals surface area contributed by atoms with Crippen LogP contribution in [0.15, 0.2) is 47.5 Å². The van der Waals surface area contributed by atoms with Gasteiger partial charge in [-0.3, -0.25) is 9.59 Å². The molecule has 4 nitrogen and oxygen atoms in total. The summed E-state index contributed by atoms with van der Waals surface area (Å²) in [5.41, 5.74) is 8.55. The van der Waals surface area contributed by atoms with Crippen molar-refractivity contribution in [3.8, 4) is 0 Å². The number of ketones is 2. The van der Waals surface area contributed by atoms with E-state index in [0.717, 1.165) is 5.56 Å². The molecule has 0 bridgehead atoms. The summed E-state index contributed by atoms with van der Waals surface area (Å²) in [6.45, 7) is 1.88. The van der Waals surface area contributed by atoms with E-state index in [4.69, 9.17) is 17.3 Å². The number of carbonyl (C=O) groups is 2. The minimum Gasteiger partial charge on any atom is -0.398 e. The van der Waals surface area contributed by atoms with E-state index < -0.39 is 5.38 Å². The zero-order valence-corrected chi connectivity index (χ0v) is 12.6. The molecule has 0 saturated carbocycles. The van der Waals surface area contributed by atoms with Gasteiger partial charge in [-0.05, 0) is 24.6 Å². The van der Waals surface area contributed by atoms with Gasteiger partial charge in [0.2, 0.25) is 5.78 Å². The molecule has 0 fully saturated rings. The van der Waals surface area contributed by atoms with Gasteiger partial charge in [0, 0.05) is 16.8 Å². The number of nitrogen functional groups attached to an aromatic ring is 1. The second kappa shape index (κ2) is 5.39. The second-order valence-corrected chi connectivity index (χ2v) is 5.58. The number of alkyl halides is 1. The van der Waals surface area contributed by atoms with Crippen LogP contribution in [0.5, 0.6) is 0 Å². The summed E-state index contributed by atoms with van der Waals surface area (Å²) >= 11 is 6.14. The number of nitrogens with zero attached hydrogens (tertiary/aromatic N) is 1. The topological polar surface area (TPSA) is 72.5 Å². The third-order valence-electron chi connectivity index (χ3n) is 3.65. The quantitative estimate of drug-likeness (QED) is 0.648. The van der Waals surface area contributed by atoms with E-state index in [0.29, 0.717) is 22.5 Å². The molecule has 0 radical (unpaired) electrons. The molecule has 0 heterocycles. The third kappa shape index (κ3) is 2.31. The van der Waals surface area contributed by atoms with Gasteiger partial charge in [-0.25, -0.2) is 4.99 Å². The van der Waals surface area contributed by atoms with Gasteiger partial charge in [-0.15, -0.1) is 11.6 Å². The lowest BCUT2D eigenvalue weighted by Crippen LogP contribution is -2.37. The second-order valence-electron chi connectivity index (χ2n) is 5.14. The van der Waals surface area contributed by atoms with Gasteiger partial charge in [0.25, 0.3) is 0 Å². The number of anilines is 1. The van der Waals surface area contributed by atoms with Gasteiger partial charge in [0.1, 0.15) is 11.1 Å². The first-order valence-corrected chi connectivity index (χ1v) is 7.19. The van der Waals surface area contributed by atoms with Crippen molar-refractivity contribution in [2.75, 3.05) is 5.73 Å². The molecule has 2 aromatic rings. The molecular weight excluding hydrogens is 300 g/mol. The number of rotatable bonds is 1. The first-order chi connectivity index (χ1) is 10.5. The summed E-state index contributed by atoms with van der Waals surface area (Å²) < 4.78 is 0. The number of nitrogens with two attached hydrogens (primary N) is 1. The van der Waals surface area contributed by atoms with E-state index in [-0.39, 0.29) is 17.3 Å². The molecule has 1 atom stereocenters. The van der Waals surface area contributed by atoms with Crippen LogP contribution in [0.1, 0.15) is 26.3 Å². The standard InChI is InChI=1S/C17H13ClN2O2/c1-9-6-7-10(8-13(9)19)20-15-14(18)16(21)11-4-2-3-5-12(11)17(15)22/h2-8,14H,19H2,1H3. The van der Waals surface area contributed by atoms with E-state index in [1.165, 1.54) is 0 Å². The van der Waals surface area contributed by atoms with Crippen molar-refractivity contribution in [2.45, 2.75) is 12.3 Å². The fourth-order valence-electron chi connectivity index (χ4n) is 2.35. The Bertz CT molecular complexity index is 827. The Balaban J connectivity index is 2.11. The van der Waals surface area contributed by atoms with E-state index in [1.54, 1.807) is 42.5 Å². The van der Waals surface area contributed by atoms with Crippen LogP contribution in [0.25, 0.3) is 0 Å². The van der Waals surface area contributed by atoms with Crippen LogP contribution in [-0.4, -0.2) is 22.7 Å². The van der Waals surface area contributed by atoms with Crippen LogP contribution in [0.2, 0.25) is 0 Å². The molecule has 1 unspecified atom stereocenters. The van der Waals surface area contributed by atoms with Crippen LogP contribution in [0.4, 0.5) is 11.4 Å². The predicted octanol–water partition coefficient (Wildman–Crippen LogP) is 3.34. The monoisotopic (exact) mass is 312 g/mol. The summed E-state index contributed by atoms with van der Waals surface area (Å²) in [5.74, 6) is -0.634. The van der Waals surface area contributed by atoms with Gasteiger partial charge in [-0.2, -0.15) is 0 Å². The lowest BCUT2D eigenvalue weighted by atomic mass is 9.88. The minimum atomic E-state index is -1.08. The van der Waals surface area contributed by atoms with Crippen LogP contribution in [0, 0.1) is 6.92 Å². The molecule has 110 valence electrons. The summed E-state index contributed by atoms with van der Waals surface area (Å²) in [5, 5.41) is -1.08. The highest BCUT2D eigenvalue weighted by Crippen LogP contribution is 2.27. The lowest BCUT2D eigenvalue weighted by molar-refractivity contribution is 0.0968. The zero-order valence-electron chi connectivity index (χ0n) is 11.8. The Labute approximate surface area is 132 Å². The molecular formula is C17H13ClN2O2. The highest BCUT2D eigenvalue weighted by Gasteiger charge is 2.37. The molecule has 0 aliphatic heterocycles. The number of hydrogen-bond donors (Lipinski definition) is 1. The fourth-order valence-corrected chi connectivity index (χ4v) is 2.62. The van der Waals surface area contributed by atoms with Crippen molar-refractivity contribution < 1.29 is 9.59 Å². The van der Waals surface area contributed by atoms with Crippen LogP contribution in [-0.2, 0) is 0 Å². The molecule has 0 spiro atoms. The normalized spacial score (nSPS) is 19.4. The van der Waals surface area contributed by atoms with Crippen molar-refractivity contribution >= 4 is 40.3 Å². The predicted molar refractivity (Wildman–Crippen MR) is 87.4 cm³/mol. The molecule has 0 saturated heterocycles. The molecule has 2 N–H and O–H groups in total. The molecule has 1 aliphatic rings. The van der Waals surface area contributed by atoms with Gasteiger partial charge < -0.3 is 5.73 Å². The molecule has 2 aromatic carbocycles. The van der Waals surface area contributed by atoms with Crippen LogP contribution < -0.4 is 5.73 Å². The van der Waals surface area contributed by atoms with E-state index >= 15 is 0 Å². The Morgan fingerprint density at radius 3 is 2.45 bits per heavy atom. The van der Waals surface area contributed by atoms with Gasteiger partial charge in [-0.1, -0.05) is 30.3 Å². The van der Waals surface area contributed by atoms with Gasteiger partial charge in [0.15, 0.2) is 5.78 Å². The number of halogens is 1. The number of aliphatic imine (C=N–C) groups is 1. The maximum Gasteiger partial charge on any atom is 0.209 e. The number of fused-ring (bicyclic) bond motifs is 1. The van der Waals surface area contributed by atoms with E-state index in [2.05, 4.69) is 4.99 Å². The summed E-state index contributed by atoms with van der Waals surface area (Å²) in [6, 6.07) is 11.8. The zero-order chi connectivity index (χ0) is 15.9. The molecule has 1 aliphatic carbocycles. The maximum absolute atomic E-state index is 12.5. The molecule has 5 heteroatoms. The summed E-state index contributed by atoms with van der Waals surface area (Å²) in [6.07, 6.45) is 0. The molecule has 0 aromatic heterocycles. The third-order valence-corrected chi connectivity index (χ3v) is 4.06. The van der Waals surface area contributed by atoms with Crippen molar-refractivity contribution in [3.05, 3.63) is 59.2 Å². The fraction of sp³-hybridized carbons (Fsp3) is 0.118. The lowest BCUT2D eigenvalue weighted by Gasteiger charge is -2.19. The summed E-state index contributed by atoms with van der Waals surface area (Å²) in [7, 11) is 0. The molecule has 3 rings (SSSR count). The first kappa shape index (κ1) is 14.5. The van der Waals surface area contributed by atoms with Crippen LogP contribution >= 0.6 is 11.6 Å². The number of hydrogen-bond acceptors (Lipinski definition) is 4. The highest BCUT2D eigenvalue weighted by atomic mass is 35.5. The minimum absolute atomic E-state index is 0.0358.